The van der Waals surface area contributed by atoms with Gasteiger partial charge in [0.1, 0.15) is 11.6 Å². The van der Waals surface area contributed by atoms with Gasteiger partial charge in [0, 0.05) is 5.56 Å². The van der Waals surface area contributed by atoms with Gasteiger partial charge in [0.2, 0.25) is 5.82 Å². The zero-order chi connectivity index (χ0) is 20.9. The highest BCUT2D eigenvalue weighted by Gasteiger charge is 2.19. The molecule has 150 valence electrons. The number of hydrogen-bond donors (Lipinski definition) is 1. The highest BCUT2D eigenvalue weighted by Crippen LogP contribution is 2.28. The van der Waals surface area contributed by atoms with E-state index in [2.05, 4.69) is 15.5 Å². The molecule has 4 aromatic rings. The average molecular weight is 403 g/mol. The molecule has 0 aliphatic heterocycles. The van der Waals surface area contributed by atoms with Crippen LogP contribution in [0, 0.1) is 5.82 Å². The normalized spacial score (nSPS) is 11.7. The van der Waals surface area contributed by atoms with Crippen molar-refractivity contribution in [1.82, 2.24) is 10.1 Å². The first-order valence-electron chi connectivity index (χ1n) is 9.32. The Labute approximate surface area is 172 Å². The molecule has 30 heavy (non-hydrogen) atoms. The molecule has 0 saturated carbocycles. The molecule has 0 aliphatic rings. The number of amides is 1. The molecule has 0 fully saturated rings. The van der Waals surface area contributed by atoms with Gasteiger partial charge in [-0.25, -0.2) is 4.39 Å². The number of benzene rings is 3. The third kappa shape index (κ3) is 4.35. The third-order valence-electron chi connectivity index (χ3n) is 4.37. The molecule has 3 aromatic carbocycles. The average Bonchev–Trinajstić information content (AvgIpc) is 3.26. The smallest absolute Gasteiger partial charge is 0.265 e. The Morgan fingerprint density at radius 1 is 1.00 bits per heavy atom. The van der Waals surface area contributed by atoms with Gasteiger partial charge in [-0.2, -0.15) is 4.98 Å². The van der Waals surface area contributed by atoms with Crippen molar-refractivity contribution in [1.29, 1.82) is 0 Å². The zero-order valence-electron chi connectivity index (χ0n) is 16.1. The van der Waals surface area contributed by atoms with E-state index in [0.717, 1.165) is 5.56 Å². The van der Waals surface area contributed by atoms with Crippen molar-refractivity contribution in [2.24, 2.45) is 0 Å². The lowest BCUT2D eigenvalue weighted by atomic mass is 10.1. The van der Waals surface area contributed by atoms with Gasteiger partial charge in [-0.15, -0.1) is 0 Å². The van der Waals surface area contributed by atoms with Gasteiger partial charge in [-0.05, 0) is 43.3 Å². The number of rotatable bonds is 6. The summed E-state index contributed by atoms with van der Waals surface area (Å²) in [6.07, 6.45) is -0.800. The van der Waals surface area contributed by atoms with E-state index < -0.39 is 6.10 Å². The van der Waals surface area contributed by atoms with E-state index in [-0.39, 0.29) is 17.6 Å². The largest absolute Gasteiger partial charge is 0.481 e. The number of carbonyl (C=O) groups excluding carboxylic acids is 1. The summed E-state index contributed by atoms with van der Waals surface area (Å²) in [6.45, 7) is 1.61. The number of nitrogens with one attached hydrogen (secondary N) is 1. The van der Waals surface area contributed by atoms with Gasteiger partial charge in [-0.1, -0.05) is 47.6 Å². The van der Waals surface area contributed by atoms with E-state index in [1.807, 2.05) is 36.4 Å². The number of ether oxygens (including phenoxy) is 1. The second-order valence-corrected chi connectivity index (χ2v) is 6.54. The topological polar surface area (TPSA) is 77.2 Å². The Morgan fingerprint density at radius 2 is 1.70 bits per heavy atom. The van der Waals surface area contributed by atoms with Crippen LogP contribution in [0.3, 0.4) is 0 Å². The fourth-order valence-corrected chi connectivity index (χ4v) is 2.82. The van der Waals surface area contributed by atoms with E-state index in [9.17, 15) is 9.18 Å². The lowest BCUT2D eigenvalue weighted by Crippen LogP contribution is -2.30. The molecule has 0 aliphatic carbocycles. The standard InChI is InChI=1S/C23H18FN3O3/c1-15(29-18-13-11-17(24)12-14-18)22(28)25-20-10-6-5-9-19(20)23-26-21(27-30-23)16-7-3-2-4-8-16/h2-15H,1H3,(H,25,28). The van der Waals surface area contributed by atoms with Crippen LogP contribution in [0.25, 0.3) is 22.8 Å². The molecular formula is C23H18FN3O3. The van der Waals surface area contributed by atoms with Gasteiger partial charge < -0.3 is 14.6 Å². The summed E-state index contributed by atoms with van der Waals surface area (Å²) < 4.78 is 24.0. The van der Waals surface area contributed by atoms with Crippen LogP contribution in [-0.2, 0) is 4.79 Å². The Hall–Kier alpha value is -4.00. The quantitative estimate of drug-likeness (QED) is 0.493. The van der Waals surface area contributed by atoms with Crippen molar-refractivity contribution in [2.45, 2.75) is 13.0 Å². The summed E-state index contributed by atoms with van der Waals surface area (Å²) in [5.74, 6) is 0.408. The summed E-state index contributed by atoms with van der Waals surface area (Å²) in [5.41, 5.74) is 1.94. The summed E-state index contributed by atoms with van der Waals surface area (Å²) in [5, 5.41) is 6.85. The monoisotopic (exact) mass is 403 g/mol. The van der Waals surface area contributed by atoms with Crippen LogP contribution in [-0.4, -0.2) is 22.2 Å². The molecule has 0 bridgehead atoms. The SMILES string of the molecule is CC(Oc1ccc(F)cc1)C(=O)Nc1ccccc1-c1nc(-c2ccccc2)no1. The second kappa shape index (κ2) is 8.57. The summed E-state index contributed by atoms with van der Waals surface area (Å²) >= 11 is 0. The van der Waals surface area contributed by atoms with Crippen LogP contribution in [0.5, 0.6) is 5.75 Å². The van der Waals surface area contributed by atoms with Gasteiger partial charge in [0.25, 0.3) is 11.8 Å². The van der Waals surface area contributed by atoms with Crippen LogP contribution in [0.15, 0.2) is 83.4 Å². The fourth-order valence-electron chi connectivity index (χ4n) is 2.82. The Morgan fingerprint density at radius 3 is 2.47 bits per heavy atom. The molecule has 1 heterocycles. The van der Waals surface area contributed by atoms with Gasteiger partial charge in [0.15, 0.2) is 6.10 Å². The van der Waals surface area contributed by atoms with E-state index in [0.29, 0.717) is 22.8 Å². The van der Waals surface area contributed by atoms with E-state index >= 15 is 0 Å². The Kier molecular flexibility index (Phi) is 5.52. The van der Waals surface area contributed by atoms with E-state index in [1.54, 1.807) is 25.1 Å². The minimum absolute atomic E-state index is 0.289. The van der Waals surface area contributed by atoms with Gasteiger partial charge >= 0.3 is 0 Å². The maximum absolute atomic E-state index is 13.0. The van der Waals surface area contributed by atoms with Crippen LogP contribution in [0.2, 0.25) is 0 Å². The van der Waals surface area contributed by atoms with Crippen LogP contribution < -0.4 is 10.1 Å². The van der Waals surface area contributed by atoms with Crippen LogP contribution in [0.4, 0.5) is 10.1 Å². The van der Waals surface area contributed by atoms with E-state index in [4.69, 9.17) is 9.26 Å². The lowest BCUT2D eigenvalue weighted by molar-refractivity contribution is -0.122. The molecular weight excluding hydrogens is 385 g/mol. The van der Waals surface area contributed by atoms with Crippen LogP contribution in [0.1, 0.15) is 6.92 Å². The molecule has 0 saturated heterocycles. The van der Waals surface area contributed by atoms with Crippen molar-refractivity contribution in [3.63, 3.8) is 0 Å². The predicted molar refractivity (Wildman–Crippen MR) is 110 cm³/mol. The number of para-hydroxylation sites is 1. The Bertz CT molecular complexity index is 1140. The first-order valence-corrected chi connectivity index (χ1v) is 9.32. The minimum Gasteiger partial charge on any atom is -0.481 e. The highest BCUT2D eigenvalue weighted by molar-refractivity contribution is 5.97. The van der Waals surface area contributed by atoms with Crippen LogP contribution >= 0.6 is 0 Å². The molecule has 4 rings (SSSR count). The van der Waals surface area contributed by atoms with Crippen molar-refractivity contribution in [3.05, 3.63) is 84.7 Å². The second-order valence-electron chi connectivity index (χ2n) is 6.54. The van der Waals surface area contributed by atoms with Crippen molar-refractivity contribution < 1.29 is 18.4 Å². The van der Waals surface area contributed by atoms with Gasteiger partial charge in [0.05, 0.1) is 11.3 Å². The number of hydrogen-bond acceptors (Lipinski definition) is 5. The van der Waals surface area contributed by atoms with E-state index in [1.165, 1.54) is 24.3 Å². The number of aromatic nitrogens is 2. The summed E-state index contributed by atoms with van der Waals surface area (Å²) in [7, 11) is 0. The third-order valence-corrected chi connectivity index (χ3v) is 4.37. The summed E-state index contributed by atoms with van der Waals surface area (Å²) in [6, 6.07) is 22.1. The fraction of sp³-hybridized carbons (Fsp3) is 0.0870. The number of anilines is 1. The van der Waals surface area contributed by atoms with Crippen molar-refractivity contribution in [2.75, 3.05) is 5.32 Å². The first kappa shape index (κ1) is 19.3. The molecule has 1 unspecified atom stereocenters. The van der Waals surface area contributed by atoms with Crippen molar-refractivity contribution in [3.8, 4) is 28.6 Å². The number of carbonyl (C=O) groups is 1. The number of nitrogens with zero attached hydrogens (tertiary/aromatic N) is 2. The van der Waals surface area contributed by atoms with Gasteiger partial charge in [-0.3, -0.25) is 4.79 Å². The molecule has 7 heteroatoms. The Balaban J connectivity index is 1.51. The molecule has 1 N–H and O–H groups in total. The lowest BCUT2D eigenvalue weighted by Gasteiger charge is -2.15. The molecule has 1 amide bonds. The predicted octanol–water partition coefficient (Wildman–Crippen LogP) is 4.95. The molecule has 0 radical (unpaired) electrons. The zero-order valence-corrected chi connectivity index (χ0v) is 16.1. The van der Waals surface area contributed by atoms with Crippen molar-refractivity contribution >= 4 is 11.6 Å². The minimum atomic E-state index is -0.800. The maximum atomic E-state index is 13.0. The number of halogens is 1. The first-order chi connectivity index (χ1) is 14.6. The highest BCUT2D eigenvalue weighted by atomic mass is 19.1. The molecule has 0 spiro atoms. The maximum Gasteiger partial charge on any atom is 0.265 e. The molecule has 1 atom stereocenters. The summed E-state index contributed by atoms with van der Waals surface area (Å²) in [4.78, 5) is 17.1. The molecule has 1 aromatic heterocycles. The molecule has 6 nitrogen and oxygen atoms in total.